The monoisotopic (exact) mass is 192 g/mol. The van der Waals surface area contributed by atoms with Gasteiger partial charge >= 0.3 is 0 Å². The molecule has 0 radical (unpaired) electrons. The van der Waals surface area contributed by atoms with Gasteiger partial charge in [0.15, 0.2) is 0 Å². The van der Waals surface area contributed by atoms with Gasteiger partial charge in [-0.1, -0.05) is 12.8 Å². The Kier molecular flexibility index (Phi) is 2.42. The lowest BCUT2D eigenvalue weighted by Gasteiger charge is -2.13. The van der Waals surface area contributed by atoms with E-state index in [2.05, 4.69) is 4.98 Å². The van der Waals surface area contributed by atoms with Gasteiger partial charge in [0.1, 0.15) is 0 Å². The third-order valence-electron chi connectivity index (χ3n) is 2.86. The third kappa shape index (κ3) is 2.04. The molecule has 1 fully saturated rings. The number of H-pyrrole nitrogens is 1. The molecule has 3 heteroatoms. The molecule has 1 heterocycles. The highest BCUT2D eigenvalue weighted by Crippen LogP contribution is 2.36. The second-order valence-electron chi connectivity index (χ2n) is 4.22. The maximum absolute atomic E-state index is 11.0. The summed E-state index contributed by atoms with van der Waals surface area (Å²) in [6.45, 7) is 1.94. The van der Waals surface area contributed by atoms with E-state index in [1.54, 1.807) is 12.3 Å². The van der Waals surface area contributed by atoms with Crippen LogP contribution in [0.1, 0.15) is 36.4 Å². The predicted molar refractivity (Wildman–Crippen MR) is 56.1 cm³/mol. The lowest BCUT2D eigenvalue weighted by molar-refractivity contribution is 0.592. The summed E-state index contributed by atoms with van der Waals surface area (Å²) in [5.74, 6) is 0.816. The summed E-state index contributed by atoms with van der Waals surface area (Å²) < 4.78 is 0. The standard InChI is InChI=1S/C11H16N2O/c1-7-4-11(14)13-6-9(7)10(12)5-8-2-3-8/h4,6,8,10H,2-3,5,12H2,1H3,(H,13,14)/t10-/m1/s1. The Balaban J connectivity index is 2.17. The molecule has 76 valence electrons. The molecule has 2 rings (SSSR count). The van der Waals surface area contributed by atoms with Crippen LogP contribution < -0.4 is 11.3 Å². The van der Waals surface area contributed by atoms with Crippen LogP contribution in [0.3, 0.4) is 0 Å². The number of pyridine rings is 1. The summed E-state index contributed by atoms with van der Waals surface area (Å²) in [4.78, 5) is 13.7. The van der Waals surface area contributed by atoms with Crippen molar-refractivity contribution in [2.75, 3.05) is 0 Å². The summed E-state index contributed by atoms with van der Waals surface area (Å²) in [5, 5.41) is 0. The fraction of sp³-hybridized carbons (Fsp3) is 0.545. The van der Waals surface area contributed by atoms with Gasteiger partial charge in [-0.15, -0.1) is 0 Å². The van der Waals surface area contributed by atoms with E-state index >= 15 is 0 Å². The van der Waals surface area contributed by atoms with Crippen LogP contribution in [0.2, 0.25) is 0 Å². The molecule has 0 unspecified atom stereocenters. The maximum atomic E-state index is 11.0. The van der Waals surface area contributed by atoms with Crippen LogP contribution in [0.25, 0.3) is 0 Å². The number of aromatic nitrogens is 1. The SMILES string of the molecule is Cc1cc(=O)[nH]cc1[C@H](N)CC1CC1. The van der Waals surface area contributed by atoms with E-state index in [4.69, 9.17) is 5.73 Å². The topological polar surface area (TPSA) is 58.9 Å². The van der Waals surface area contributed by atoms with Crippen molar-refractivity contribution in [2.45, 2.75) is 32.2 Å². The molecule has 1 saturated carbocycles. The minimum atomic E-state index is -0.0510. The van der Waals surface area contributed by atoms with Gasteiger partial charge in [0.25, 0.3) is 0 Å². The summed E-state index contributed by atoms with van der Waals surface area (Å²) in [5.41, 5.74) is 8.10. The van der Waals surface area contributed by atoms with Crippen LogP contribution in [0.15, 0.2) is 17.1 Å². The Hall–Kier alpha value is -1.09. The Morgan fingerprint density at radius 3 is 2.93 bits per heavy atom. The van der Waals surface area contributed by atoms with E-state index in [0.29, 0.717) is 0 Å². The van der Waals surface area contributed by atoms with Gasteiger partial charge in [-0.25, -0.2) is 0 Å². The molecule has 0 saturated heterocycles. The number of aryl methyl sites for hydroxylation is 1. The molecule has 0 aliphatic heterocycles. The molecule has 1 aliphatic rings. The minimum absolute atomic E-state index is 0.0510. The third-order valence-corrected chi connectivity index (χ3v) is 2.86. The van der Waals surface area contributed by atoms with Crippen molar-refractivity contribution >= 4 is 0 Å². The molecular formula is C11H16N2O. The van der Waals surface area contributed by atoms with E-state index in [9.17, 15) is 4.79 Å². The number of rotatable bonds is 3. The van der Waals surface area contributed by atoms with Gasteiger partial charge in [0.2, 0.25) is 5.56 Å². The molecule has 1 atom stereocenters. The quantitative estimate of drug-likeness (QED) is 0.762. The Morgan fingerprint density at radius 2 is 2.36 bits per heavy atom. The predicted octanol–water partition coefficient (Wildman–Crippen LogP) is 1.48. The Morgan fingerprint density at radius 1 is 1.64 bits per heavy atom. The van der Waals surface area contributed by atoms with Crippen molar-refractivity contribution < 1.29 is 0 Å². The number of hydrogen-bond acceptors (Lipinski definition) is 2. The van der Waals surface area contributed by atoms with Crippen molar-refractivity contribution in [2.24, 2.45) is 11.7 Å². The molecule has 0 aromatic carbocycles. The van der Waals surface area contributed by atoms with Crippen LogP contribution in [-0.2, 0) is 0 Å². The number of hydrogen-bond donors (Lipinski definition) is 2. The molecule has 1 aliphatic carbocycles. The van der Waals surface area contributed by atoms with Gasteiger partial charge in [0.05, 0.1) is 0 Å². The summed E-state index contributed by atoms with van der Waals surface area (Å²) in [7, 11) is 0. The number of aromatic amines is 1. The van der Waals surface area contributed by atoms with Gasteiger partial charge in [-0.3, -0.25) is 4.79 Å². The van der Waals surface area contributed by atoms with Gasteiger partial charge < -0.3 is 10.7 Å². The molecule has 0 bridgehead atoms. The first kappa shape index (κ1) is 9.46. The van der Waals surface area contributed by atoms with Crippen LogP contribution in [0, 0.1) is 12.8 Å². The van der Waals surface area contributed by atoms with Crippen molar-refractivity contribution in [3.8, 4) is 0 Å². The smallest absolute Gasteiger partial charge is 0.248 e. The van der Waals surface area contributed by atoms with Crippen molar-refractivity contribution in [3.63, 3.8) is 0 Å². The summed E-state index contributed by atoms with van der Waals surface area (Å²) >= 11 is 0. The van der Waals surface area contributed by atoms with E-state index in [1.807, 2.05) is 6.92 Å². The van der Waals surface area contributed by atoms with E-state index in [1.165, 1.54) is 12.8 Å². The molecule has 1 aromatic rings. The highest BCUT2D eigenvalue weighted by atomic mass is 16.1. The highest BCUT2D eigenvalue weighted by Gasteiger charge is 2.25. The zero-order valence-corrected chi connectivity index (χ0v) is 8.42. The fourth-order valence-corrected chi connectivity index (χ4v) is 1.82. The normalized spacial score (nSPS) is 18.1. The largest absolute Gasteiger partial charge is 0.329 e. The molecule has 3 N–H and O–H groups in total. The van der Waals surface area contributed by atoms with E-state index in [0.717, 1.165) is 23.5 Å². The average Bonchev–Trinajstić information content (AvgIpc) is 2.87. The van der Waals surface area contributed by atoms with Crippen LogP contribution in [0.4, 0.5) is 0 Å². The van der Waals surface area contributed by atoms with E-state index < -0.39 is 0 Å². The number of nitrogens with two attached hydrogens (primary N) is 1. The average molecular weight is 192 g/mol. The van der Waals surface area contributed by atoms with Gasteiger partial charge in [-0.2, -0.15) is 0 Å². The first-order chi connectivity index (χ1) is 6.66. The Bertz CT molecular complexity index is 379. The summed E-state index contributed by atoms with van der Waals surface area (Å²) in [6, 6.07) is 1.70. The molecule has 0 amide bonds. The van der Waals surface area contributed by atoms with Crippen LogP contribution >= 0.6 is 0 Å². The first-order valence-corrected chi connectivity index (χ1v) is 5.11. The number of nitrogens with one attached hydrogen (secondary N) is 1. The van der Waals surface area contributed by atoms with Gasteiger partial charge in [-0.05, 0) is 30.4 Å². The van der Waals surface area contributed by atoms with Crippen molar-refractivity contribution in [1.82, 2.24) is 4.98 Å². The van der Waals surface area contributed by atoms with Crippen LogP contribution in [-0.4, -0.2) is 4.98 Å². The molecule has 14 heavy (non-hydrogen) atoms. The van der Waals surface area contributed by atoms with Crippen molar-refractivity contribution in [3.05, 3.63) is 33.7 Å². The maximum Gasteiger partial charge on any atom is 0.248 e. The van der Waals surface area contributed by atoms with Crippen molar-refractivity contribution in [1.29, 1.82) is 0 Å². The fourth-order valence-electron chi connectivity index (χ4n) is 1.82. The summed E-state index contributed by atoms with van der Waals surface area (Å²) in [6.07, 6.45) is 5.43. The first-order valence-electron chi connectivity index (χ1n) is 5.11. The lowest BCUT2D eigenvalue weighted by Crippen LogP contribution is -2.16. The Labute approximate surface area is 83.3 Å². The molecular weight excluding hydrogens is 176 g/mol. The zero-order valence-electron chi connectivity index (χ0n) is 8.42. The lowest BCUT2D eigenvalue weighted by atomic mass is 10.00. The molecule has 1 aromatic heterocycles. The van der Waals surface area contributed by atoms with Gasteiger partial charge in [0, 0.05) is 18.3 Å². The van der Waals surface area contributed by atoms with Crippen LogP contribution in [0.5, 0.6) is 0 Å². The highest BCUT2D eigenvalue weighted by molar-refractivity contribution is 5.24. The zero-order chi connectivity index (χ0) is 10.1. The molecule has 3 nitrogen and oxygen atoms in total. The minimum Gasteiger partial charge on any atom is -0.329 e. The second kappa shape index (κ2) is 3.58. The second-order valence-corrected chi connectivity index (χ2v) is 4.22. The molecule has 0 spiro atoms. The van der Waals surface area contributed by atoms with E-state index in [-0.39, 0.29) is 11.6 Å².